The molecule has 3 rings (SSSR count). The molecule has 0 saturated carbocycles. The van der Waals surface area contributed by atoms with E-state index in [0.717, 1.165) is 12.7 Å². The van der Waals surface area contributed by atoms with Crippen LogP contribution in [0.4, 0.5) is 0 Å². The van der Waals surface area contributed by atoms with Crippen LogP contribution >= 0.6 is 0 Å². The molecular weight excluding hydrogens is 549 g/mol. The molecule has 13 nitrogen and oxygen atoms in total. The standard InChI is InChI=1S/C28H34BN3O10/c1-16(2)13-21(29-41-23(35)15-28(42-29,27(38)39)14-22(34)40-4)31-26(37)24(17(3)33)32-25(36)20-12-8-11-19(30-20)18-9-6-5-7-10-18/h5-12,16-17,21,24,33H,13-15H2,1-4H3,(H,31,37)(H,32,36)(H,38,39)/t17-,21+,24+,28-/m1/s1. The van der Waals surface area contributed by atoms with Crippen molar-refractivity contribution in [2.75, 3.05) is 7.11 Å². The van der Waals surface area contributed by atoms with E-state index in [1.807, 2.05) is 44.2 Å². The average Bonchev–Trinajstić information content (AvgIpc) is 2.95. The molecule has 2 amide bonds. The Hall–Kier alpha value is -4.30. The quantitative estimate of drug-likeness (QED) is 0.207. The molecule has 4 N–H and O–H groups in total. The van der Waals surface area contributed by atoms with Crippen molar-refractivity contribution in [3.05, 3.63) is 54.2 Å². The van der Waals surface area contributed by atoms with Crippen molar-refractivity contribution < 1.29 is 48.2 Å². The first-order valence-electron chi connectivity index (χ1n) is 13.3. The van der Waals surface area contributed by atoms with Crippen LogP contribution in [0.3, 0.4) is 0 Å². The van der Waals surface area contributed by atoms with Crippen molar-refractivity contribution >= 4 is 36.8 Å². The molecule has 0 spiro atoms. The summed E-state index contributed by atoms with van der Waals surface area (Å²) < 4.78 is 15.5. The number of amides is 2. The lowest BCUT2D eigenvalue weighted by molar-refractivity contribution is -0.175. The van der Waals surface area contributed by atoms with Gasteiger partial charge in [0.2, 0.25) is 5.91 Å². The van der Waals surface area contributed by atoms with E-state index in [-0.39, 0.29) is 18.0 Å². The number of carboxylic acid groups (broad SMARTS) is 1. The highest BCUT2D eigenvalue weighted by molar-refractivity contribution is 6.50. The zero-order chi connectivity index (χ0) is 31.0. The number of methoxy groups -OCH3 is 1. The van der Waals surface area contributed by atoms with Gasteiger partial charge in [0.25, 0.3) is 11.9 Å². The van der Waals surface area contributed by atoms with Crippen LogP contribution in [0.25, 0.3) is 11.3 Å². The van der Waals surface area contributed by atoms with Crippen molar-refractivity contribution in [2.24, 2.45) is 5.92 Å². The fourth-order valence-electron chi connectivity index (χ4n) is 4.44. The van der Waals surface area contributed by atoms with E-state index in [0.29, 0.717) is 5.69 Å². The Morgan fingerprint density at radius 3 is 2.36 bits per heavy atom. The molecule has 42 heavy (non-hydrogen) atoms. The van der Waals surface area contributed by atoms with Crippen LogP contribution in [0.1, 0.15) is 50.5 Å². The summed E-state index contributed by atoms with van der Waals surface area (Å²) in [6.07, 6.45) is -2.73. The van der Waals surface area contributed by atoms with Gasteiger partial charge < -0.3 is 34.9 Å². The van der Waals surface area contributed by atoms with E-state index >= 15 is 0 Å². The van der Waals surface area contributed by atoms with Gasteiger partial charge in [-0.25, -0.2) is 9.78 Å². The summed E-state index contributed by atoms with van der Waals surface area (Å²) in [7, 11) is -0.524. The van der Waals surface area contributed by atoms with Gasteiger partial charge in [0.15, 0.2) is 5.60 Å². The molecule has 2 aromatic rings. The number of nitrogens with one attached hydrogen (secondary N) is 2. The second-order valence-electron chi connectivity index (χ2n) is 10.4. The maximum Gasteiger partial charge on any atom is 0.552 e. The Balaban J connectivity index is 1.82. The third-order valence-electron chi connectivity index (χ3n) is 6.55. The zero-order valence-corrected chi connectivity index (χ0v) is 23.7. The molecule has 1 aromatic heterocycles. The zero-order valence-electron chi connectivity index (χ0n) is 23.7. The van der Waals surface area contributed by atoms with Crippen molar-refractivity contribution in [3.8, 4) is 11.3 Å². The Kier molecular flexibility index (Phi) is 10.8. The number of carboxylic acids is 1. The van der Waals surface area contributed by atoms with Gasteiger partial charge >= 0.3 is 19.1 Å². The summed E-state index contributed by atoms with van der Waals surface area (Å²) >= 11 is 0. The predicted molar refractivity (Wildman–Crippen MR) is 149 cm³/mol. The lowest BCUT2D eigenvalue weighted by Gasteiger charge is -2.38. The Bertz CT molecular complexity index is 1310. The highest BCUT2D eigenvalue weighted by Gasteiger charge is 2.55. The van der Waals surface area contributed by atoms with Gasteiger partial charge in [-0.15, -0.1) is 0 Å². The van der Waals surface area contributed by atoms with Crippen molar-refractivity contribution in [1.29, 1.82) is 0 Å². The number of aromatic nitrogens is 1. The van der Waals surface area contributed by atoms with E-state index in [9.17, 15) is 34.2 Å². The summed E-state index contributed by atoms with van der Waals surface area (Å²) in [5.41, 5.74) is -0.962. The number of ether oxygens (including phenoxy) is 1. The van der Waals surface area contributed by atoms with Crippen molar-refractivity contribution in [3.63, 3.8) is 0 Å². The van der Waals surface area contributed by atoms with Gasteiger partial charge in [0.1, 0.15) is 11.7 Å². The van der Waals surface area contributed by atoms with Crippen LogP contribution in [0.2, 0.25) is 0 Å². The van der Waals surface area contributed by atoms with Gasteiger partial charge in [0, 0.05) is 5.56 Å². The number of hydrogen-bond acceptors (Lipinski definition) is 10. The normalized spacial score (nSPS) is 18.8. The van der Waals surface area contributed by atoms with E-state index in [4.69, 9.17) is 9.31 Å². The summed E-state index contributed by atoms with van der Waals surface area (Å²) in [5, 5.41) is 25.4. The van der Waals surface area contributed by atoms with Crippen LogP contribution in [-0.4, -0.2) is 82.8 Å². The lowest BCUT2D eigenvalue weighted by atomic mass is 9.70. The number of benzene rings is 1. The lowest BCUT2D eigenvalue weighted by Crippen LogP contribution is -2.63. The molecule has 0 aliphatic carbocycles. The van der Waals surface area contributed by atoms with Crippen LogP contribution in [-0.2, 0) is 33.2 Å². The monoisotopic (exact) mass is 583 g/mol. The number of aliphatic hydroxyl groups is 1. The molecule has 1 aromatic carbocycles. The number of rotatable bonds is 12. The molecule has 0 bridgehead atoms. The Morgan fingerprint density at radius 1 is 1.07 bits per heavy atom. The van der Waals surface area contributed by atoms with E-state index in [1.165, 1.54) is 13.0 Å². The molecule has 1 saturated heterocycles. The molecule has 14 heteroatoms. The molecule has 0 unspecified atom stereocenters. The van der Waals surface area contributed by atoms with Gasteiger partial charge in [-0.1, -0.05) is 50.2 Å². The van der Waals surface area contributed by atoms with Crippen molar-refractivity contribution in [1.82, 2.24) is 15.6 Å². The van der Waals surface area contributed by atoms with Gasteiger partial charge in [0.05, 0.1) is 37.7 Å². The number of aliphatic carboxylic acids is 1. The summed E-state index contributed by atoms with van der Waals surface area (Å²) in [6.45, 7) is 4.92. The molecule has 4 atom stereocenters. The topological polar surface area (TPSA) is 190 Å². The molecule has 1 fully saturated rings. The first-order valence-corrected chi connectivity index (χ1v) is 13.3. The Morgan fingerprint density at radius 2 is 1.76 bits per heavy atom. The summed E-state index contributed by atoms with van der Waals surface area (Å²) in [6, 6.07) is 12.5. The van der Waals surface area contributed by atoms with E-state index in [1.54, 1.807) is 12.1 Å². The summed E-state index contributed by atoms with van der Waals surface area (Å²) in [4.78, 5) is 67.4. The maximum absolute atomic E-state index is 13.4. The molecular formula is C28H34BN3O10. The van der Waals surface area contributed by atoms with Gasteiger partial charge in [-0.3, -0.25) is 19.2 Å². The van der Waals surface area contributed by atoms with Crippen LogP contribution < -0.4 is 10.6 Å². The third kappa shape index (κ3) is 8.14. The first-order chi connectivity index (χ1) is 19.8. The number of nitrogens with zero attached hydrogens (tertiary/aromatic N) is 1. The van der Waals surface area contributed by atoms with Crippen molar-refractivity contribution in [2.45, 2.75) is 63.7 Å². The highest BCUT2D eigenvalue weighted by atomic mass is 16.7. The highest BCUT2D eigenvalue weighted by Crippen LogP contribution is 2.30. The van der Waals surface area contributed by atoms with E-state index < -0.39 is 73.4 Å². The molecule has 1 aliphatic heterocycles. The van der Waals surface area contributed by atoms with E-state index in [2.05, 4.69) is 20.4 Å². The molecule has 1 aliphatic rings. The third-order valence-corrected chi connectivity index (χ3v) is 6.55. The second kappa shape index (κ2) is 14.1. The Labute approximate surface area is 243 Å². The molecule has 224 valence electrons. The van der Waals surface area contributed by atoms with Gasteiger partial charge in [-0.2, -0.15) is 0 Å². The smallest absolute Gasteiger partial charge is 0.508 e. The van der Waals surface area contributed by atoms with Gasteiger partial charge in [-0.05, 0) is 31.4 Å². The number of carbonyl (C=O) groups is 5. The van der Waals surface area contributed by atoms with Crippen LogP contribution in [0.15, 0.2) is 48.5 Å². The SMILES string of the molecule is COC(=O)C[C@]1(C(=O)O)CC(=O)OB([C@H](CC(C)C)NC(=O)[C@@H](NC(=O)c2cccc(-c3ccccc3)n2)[C@@H](C)O)O1. The molecule has 0 radical (unpaired) electrons. The van der Waals surface area contributed by atoms with Crippen LogP contribution in [0.5, 0.6) is 0 Å². The fraction of sp³-hybridized carbons (Fsp3) is 0.429. The predicted octanol–water partition coefficient (Wildman–Crippen LogP) is 1.14. The number of aliphatic hydroxyl groups excluding tert-OH is 1. The maximum atomic E-state index is 13.4. The number of hydrogen-bond donors (Lipinski definition) is 4. The minimum atomic E-state index is -2.28. The number of esters is 1. The first kappa shape index (κ1) is 32.2. The second-order valence-corrected chi connectivity index (χ2v) is 10.4. The summed E-state index contributed by atoms with van der Waals surface area (Å²) in [5.74, 6) is -6.23. The number of pyridine rings is 1. The van der Waals surface area contributed by atoms with Crippen LogP contribution in [0, 0.1) is 5.92 Å². The fourth-order valence-corrected chi connectivity index (χ4v) is 4.44. The molecule has 2 heterocycles. The average molecular weight is 583 g/mol. The minimum absolute atomic E-state index is 0.00660. The minimum Gasteiger partial charge on any atom is -0.508 e. The largest absolute Gasteiger partial charge is 0.552 e. The number of carbonyl (C=O) groups excluding carboxylic acids is 4.